The highest BCUT2D eigenvalue weighted by molar-refractivity contribution is 5.66. The minimum absolute atomic E-state index is 0.0441. The van der Waals surface area contributed by atoms with Crippen LogP contribution in [-0.4, -0.2) is 28.1 Å². The molecule has 5 heteroatoms. The zero-order valence-corrected chi connectivity index (χ0v) is 13.2. The molecule has 0 heterocycles. The van der Waals surface area contributed by atoms with Gasteiger partial charge in [0.25, 0.3) is 0 Å². The van der Waals surface area contributed by atoms with Crippen molar-refractivity contribution >= 4 is 5.97 Å². The smallest absolute Gasteiger partial charge is 0.304 e. The van der Waals surface area contributed by atoms with E-state index in [0.29, 0.717) is 0 Å². The van der Waals surface area contributed by atoms with Gasteiger partial charge in [0.05, 0.1) is 6.42 Å². The molecular weight excluding hydrogens is 276 g/mol. The first-order valence-electron chi connectivity index (χ1n) is 6.98. The van der Waals surface area contributed by atoms with Gasteiger partial charge in [-0.3, -0.25) is 9.69 Å². The molecule has 21 heavy (non-hydrogen) atoms. The fourth-order valence-corrected chi connectivity index (χ4v) is 2.48. The number of carbonyl (C=O) groups is 1. The van der Waals surface area contributed by atoms with E-state index >= 15 is 0 Å². The van der Waals surface area contributed by atoms with Crippen LogP contribution in [0.15, 0.2) is 12.1 Å². The summed E-state index contributed by atoms with van der Waals surface area (Å²) in [7, 11) is 0. The molecule has 0 fully saturated rings. The summed E-state index contributed by atoms with van der Waals surface area (Å²) in [6.07, 6.45) is -0.0441. The van der Waals surface area contributed by atoms with Gasteiger partial charge in [-0.15, -0.1) is 0 Å². The summed E-state index contributed by atoms with van der Waals surface area (Å²) in [6, 6.07) is 1.97. The summed E-state index contributed by atoms with van der Waals surface area (Å²) in [5, 5.41) is 8.85. The summed E-state index contributed by atoms with van der Waals surface area (Å²) < 4.78 is 27.8. The van der Waals surface area contributed by atoms with E-state index < -0.39 is 23.6 Å². The Morgan fingerprint density at radius 1 is 1.29 bits per heavy atom. The lowest BCUT2D eigenvalue weighted by Crippen LogP contribution is -2.44. The minimum Gasteiger partial charge on any atom is -0.481 e. The average Bonchev–Trinajstić information content (AvgIpc) is 2.31. The van der Waals surface area contributed by atoms with Crippen LogP contribution in [0.1, 0.15) is 51.3 Å². The predicted octanol–water partition coefficient (Wildman–Crippen LogP) is 3.91. The first kappa shape index (κ1) is 17.6. The Morgan fingerprint density at radius 3 is 2.33 bits per heavy atom. The van der Waals surface area contributed by atoms with Crippen LogP contribution >= 0.6 is 0 Å². The number of carboxylic acid groups (broad SMARTS) is 1. The molecule has 0 aliphatic carbocycles. The summed E-state index contributed by atoms with van der Waals surface area (Å²) in [5.41, 5.74) is 0.151. The molecular formula is C16H23F2NO2. The number of aliphatic carboxylic acids is 1. The van der Waals surface area contributed by atoms with Crippen molar-refractivity contribution in [3.8, 4) is 0 Å². The maximum atomic E-state index is 14.1. The second-order valence-corrected chi connectivity index (χ2v) is 6.31. The summed E-state index contributed by atoms with van der Waals surface area (Å²) in [6.45, 7) is 9.32. The van der Waals surface area contributed by atoms with Gasteiger partial charge in [0, 0.05) is 23.7 Å². The van der Waals surface area contributed by atoms with Crippen LogP contribution in [-0.2, 0) is 4.79 Å². The third-order valence-electron chi connectivity index (χ3n) is 3.62. The summed E-state index contributed by atoms with van der Waals surface area (Å²) in [5.74, 6) is -1.83. The van der Waals surface area contributed by atoms with Gasteiger partial charge >= 0.3 is 5.97 Å². The first-order valence-corrected chi connectivity index (χ1v) is 6.98. The van der Waals surface area contributed by atoms with Crippen molar-refractivity contribution in [2.24, 2.45) is 0 Å². The molecule has 1 N–H and O–H groups in total. The first-order chi connectivity index (χ1) is 9.54. The molecule has 118 valence electrons. The Hall–Kier alpha value is -1.49. The second kappa shape index (κ2) is 6.52. The van der Waals surface area contributed by atoms with Crippen LogP contribution in [0.4, 0.5) is 8.78 Å². The van der Waals surface area contributed by atoms with Crippen LogP contribution in [0.25, 0.3) is 0 Å². The normalized spacial score (nSPS) is 13.5. The zero-order chi connectivity index (χ0) is 16.4. The number of benzene rings is 1. The van der Waals surface area contributed by atoms with Gasteiger partial charge in [0.1, 0.15) is 11.6 Å². The maximum absolute atomic E-state index is 14.1. The molecule has 0 spiro atoms. The molecule has 1 unspecified atom stereocenters. The van der Waals surface area contributed by atoms with Gasteiger partial charge < -0.3 is 5.11 Å². The van der Waals surface area contributed by atoms with E-state index in [1.54, 1.807) is 6.92 Å². The molecule has 1 rings (SSSR count). The SMILES string of the molecule is Cc1cc(F)c(C(C)N(CCC(=O)O)C(C)(C)C)cc1F. The van der Waals surface area contributed by atoms with Crippen molar-refractivity contribution in [1.29, 1.82) is 0 Å². The molecule has 3 nitrogen and oxygen atoms in total. The van der Waals surface area contributed by atoms with Gasteiger partial charge in [-0.05, 0) is 52.3 Å². The predicted molar refractivity (Wildman–Crippen MR) is 78.2 cm³/mol. The topological polar surface area (TPSA) is 40.5 Å². The number of hydrogen-bond donors (Lipinski definition) is 1. The summed E-state index contributed by atoms with van der Waals surface area (Å²) >= 11 is 0. The molecule has 0 saturated heterocycles. The standard InChI is InChI=1S/C16H23F2NO2/c1-10-8-14(18)12(9-13(10)17)11(2)19(16(3,4)5)7-6-15(20)21/h8-9,11H,6-7H2,1-5H3,(H,20,21). The zero-order valence-electron chi connectivity index (χ0n) is 13.2. The maximum Gasteiger partial charge on any atom is 0.304 e. The number of aryl methyl sites for hydroxylation is 1. The van der Waals surface area contributed by atoms with Crippen molar-refractivity contribution in [3.05, 3.63) is 34.9 Å². The van der Waals surface area contributed by atoms with E-state index in [1.807, 2.05) is 25.7 Å². The van der Waals surface area contributed by atoms with Gasteiger partial charge in [0.15, 0.2) is 0 Å². The number of rotatable bonds is 5. The van der Waals surface area contributed by atoms with Crippen LogP contribution in [0.2, 0.25) is 0 Å². The molecule has 0 saturated carbocycles. The highest BCUT2D eigenvalue weighted by Crippen LogP contribution is 2.30. The van der Waals surface area contributed by atoms with Crippen molar-refractivity contribution in [2.45, 2.75) is 52.6 Å². The summed E-state index contributed by atoms with van der Waals surface area (Å²) in [4.78, 5) is 12.7. The fourth-order valence-electron chi connectivity index (χ4n) is 2.48. The third-order valence-corrected chi connectivity index (χ3v) is 3.62. The lowest BCUT2D eigenvalue weighted by Gasteiger charge is -2.40. The fraction of sp³-hybridized carbons (Fsp3) is 0.562. The molecule has 0 aliphatic heterocycles. The number of nitrogens with zero attached hydrogens (tertiary/aromatic N) is 1. The van der Waals surface area contributed by atoms with Crippen LogP contribution in [0.5, 0.6) is 0 Å². The minimum atomic E-state index is -0.910. The lowest BCUT2D eigenvalue weighted by molar-refractivity contribution is -0.137. The third kappa shape index (κ3) is 4.49. The molecule has 0 aromatic heterocycles. The van der Waals surface area contributed by atoms with Crippen molar-refractivity contribution in [1.82, 2.24) is 4.90 Å². The van der Waals surface area contributed by atoms with Crippen LogP contribution < -0.4 is 0 Å². The van der Waals surface area contributed by atoms with E-state index in [0.717, 1.165) is 0 Å². The number of halogens is 2. The molecule has 0 radical (unpaired) electrons. The van der Waals surface area contributed by atoms with Gasteiger partial charge in [-0.25, -0.2) is 8.78 Å². The van der Waals surface area contributed by atoms with Crippen molar-refractivity contribution < 1.29 is 18.7 Å². The number of hydrogen-bond acceptors (Lipinski definition) is 2. The van der Waals surface area contributed by atoms with Crippen LogP contribution in [0.3, 0.4) is 0 Å². The molecule has 0 amide bonds. The monoisotopic (exact) mass is 299 g/mol. The van der Waals surface area contributed by atoms with E-state index in [2.05, 4.69) is 0 Å². The molecule has 0 bridgehead atoms. The molecule has 0 aliphatic rings. The quantitative estimate of drug-likeness (QED) is 0.896. The Labute approximate surface area is 124 Å². The Kier molecular flexibility index (Phi) is 5.45. The van der Waals surface area contributed by atoms with Crippen molar-refractivity contribution in [3.63, 3.8) is 0 Å². The van der Waals surface area contributed by atoms with E-state index in [1.165, 1.54) is 19.1 Å². The second-order valence-electron chi connectivity index (χ2n) is 6.31. The largest absolute Gasteiger partial charge is 0.481 e. The molecule has 1 atom stereocenters. The van der Waals surface area contributed by atoms with E-state index in [4.69, 9.17) is 5.11 Å². The van der Waals surface area contributed by atoms with Gasteiger partial charge in [-0.2, -0.15) is 0 Å². The Morgan fingerprint density at radius 2 is 1.86 bits per heavy atom. The van der Waals surface area contributed by atoms with Crippen molar-refractivity contribution in [2.75, 3.05) is 6.54 Å². The average molecular weight is 299 g/mol. The van der Waals surface area contributed by atoms with Gasteiger partial charge in [-0.1, -0.05) is 0 Å². The van der Waals surface area contributed by atoms with E-state index in [-0.39, 0.29) is 29.6 Å². The molecule has 1 aromatic rings. The lowest BCUT2D eigenvalue weighted by atomic mass is 9.97. The Balaban J connectivity index is 3.13. The number of carboxylic acids is 1. The molecule has 1 aromatic carbocycles. The highest BCUT2D eigenvalue weighted by Gasteiger charge is 2.29. The van der Waals surface area contributed by atoms with Gasteiger partial charge in [0.2, 0.25) is 0 Å². The Bertz CT molecular complexity index is 524. The highest BCUT2D eigenvalue weighted by atomic mass is 19.1. The van der Waals surface area contributed by atoms with Crippen LogP contribution in [0, 0.1) is 18.6 Å². The van der Waals surface area contributed by atoms with E-state index in [9.17, 15) is 13.6 Å².